The number of nitrogen functional groups attached to an aromatic ring is 1. The zero-order valence-corrected chi connectivity index (χ0v) is 11.1. The van der Waals surface area contributed by atoms with Crippen LogP contribution in [-0.4, -0.2) is 10.8 Å². The molecule has 0 spiro atoms. The second-order valence-electron chi connectivity index (χ2n) is 2.34. The quantitative estimate of drug-likeness (QED) is 0.453. The van der Waals surface area contributed by atoms with E-state index in [0.717, 1.165) is 5.56 Å². The molecule has 0 aromatic carbocycles. The molecule has 0 unspecified atom stereocenters. The molecule has 0 amide bonds. The Morgan fingerprint density at radius 2 is 2.00 bits per heavy atom. The van der Waals surface area contributed by atoms with E-state index in [1.54, 1.807) is 12.3 Å². The molecule has 13 heavy (non-hydrogen) atoms. The SMILES string of the molecule is N=C(N)c1ccc(C(Br)(Br)Br)cn1. The van der Waals surface area contributed by atoms with Crippen molar-refractivity contribution in [3.63, 3.8) is 0 Å². The van der Waals surface area contributed by atoms with Crippen molar-refractivity contribution in [1.29, 1.82) is 5.41 Å². The Labute approximate surface area is 101 Å². The maximum atomic E-state index is 7.14. The molecule has 0 aliphatic heterocycles. The Bertz CT molecular complexity index is 315. The Kier molecular flexibility index (Phi) is 3.48. The Hall–Kier alpha value is 0.0600. The summed E-state index contributed by atoms with van der Waals surface area (Å²) < 4.78 is -0.463. The molecule has 0 atom stereocenters. The van der Waals surface area contributed by atoms with Gasteiger partial charge < -0.3 is 5.73 Å². The van der Waals surface area contributed by atoms with Crippen LogP contribution >= 0.6 is 47.8 Å². The van der Waals surface area contributed by atoms with Crippen LogP contribution in [0.15, 0.2) is 18.3 Å². The molecule has 0 aliphatic rings. The summed E-state index contributed by atoms with van der Waals surface area (Å²) in [6.07, 6.45) is 1.63. The number of nitrogens with two attached hydrogens (primary N) is 1. The molecule has 0 aliphatic carbocycles. The second kappa shape index (κ2) is 4.06. The monoisotopic (exact) mass is 369 g/mol. The average Bonchev–Trinajstić information content (AvgIpc) is 2.03. The van der Waals surface area contributed by atoms with Gasteiger partial charge in [0.2, 0.25) is 0 Å². The number of halogens is 3. The van der Waals surface area contributed by atoms with Gasteiger partial charge in [-0.2, -0.15) is 0 Å². The molecular formula is C7H6Br3N3. The third-order valence-electron chi connectivity index (χ3n) is 1.37. The van der Waals surface area contributed by atoms with Crippen LogP contribution in [0.3, 0.4) is 0 Å². The third kappa shape index (κ3) is 3.03. The van der Waals surface area contributed by atoms with Crippen LogP contribution in [-0.2, 0) is 2.14 Å². The summed E-state index contributed by atoms with van der Waals surface area (Å²) in [5, 5.41) is 7.14. The van der Waals surface area contributed by atoms with Gasteiger partial charge in [-0.3, -0.25) is 10.4 Å². The normalized spacial score (nSPS) is 11.3. The number of rotatable bonds is 1. The van der Waals surface area contributed by atoms with Crippen molar-refractivity contribution in [2.45, 2.75) is 2.14 Å². The summed E-state index contributed by atoms with van der Waals surface area (Å²) in [6.45, 7) is 0. The van der Waals surface area contributed by atoms with Gasteiger partial charge in [-0.25, -0.2) is 0 Å². The molecule has 0 radical (unpaired) electrons. The van der Waals surface area contributed by atoms with Gasteiger partial charge in [0.15, 0.2) is 2.14 Å². The lowest BCUT2D eigenvalue weighted by molar-refractivity contribution is 1.20. The van der Waals surface area contributed by atoms with E-state index in [-0.39, 0.29) is 5.84 Å². The van der Waals surface area contributed by atoms with Gasteiger partial charge in [0.05, 0.1) is 0 Å². The highest BCUT2D eigenvalue weighted by atomic mass is 80.0. The highest BCUT2D eigenvalue weighted by Crippen LogP contribution is 2.43. The first-order valence-corrected chi connectivity index (χ1v) is 5.67. The van der Waals surface area contributed by atoms with Crippen LogP contribution < -0.4 is 5.73 Å². The fraction of sp³-hybridized carbons (Fsp3) is 0.143. The minimum Gasteiger partial charge on any atom is -0.382 e. The number of pyridine rings is 1. The van der Waals surface area contributed by atoms with Crippen LogP contribution in [0.2, 0.25) is 0 Å². The Morgan fingerprint density at radius 1 is 1.38 bits per heavy atom. The molecule has 3 N–H and O–H groups in total. The number of nitrogens with one attached hydrogen (secondary N) is 1. The molecular weight excluding hydrogens is 366 g/mol. The van der Waals surface area contributed by atoms with E-state index < -0.39 is 2.14 Å². The van der Waals surface area contributed by atoms with Crippen molar-refractivity contribution in [3.8, 4) is 0 Å². The summed E-state index contributed by atoms with van der Waals surface area (Å²) in [5.74, 6) is -0.0316. The van der Waals surface area contributed by atoms with E-state index in [1.165, 1.54) is 0 Å². The van der Waals surface area contributed by atoms with E-state index in [4.69, 9.17) is 11.1 Å². The van der Waals surface area contributed by atoms with Crippen molar-refractivity contribution < 1.29 is 0 Å². The van der Waals surface area contributed by atoms with Gasteiger partial charge >= 0.3 is 0 Å². The van der Waals surface area contributed by atoms with Crippen molar-refractivity contribution in [3.05, 3.63) is 29.6 Å². The first kappa shape index (κ1) is 11.1. The molecule has 0 fully saturated rings. The topological polar surface area (TPSA) is 62.8 Å². The van der Waals surface area contributed by atoms with E-state index in [9.17, 15) is 0 Å². The minimum atomic E-state index is -0.463. The van der Waals surface area contributed by atoms with Gasteiger partial charge in [-0.15, -0.1) is 0 Å². The minimum absolute atomic E-state index is 0.0316. The number of amidine groups is 1. The largest absolute Gasteiger partial charge is 0.382 e. The molecule has 0 saturated heterocycles. The van der Waals surface area contributed by atoms with Gasteiger partial charge in [0.25, 0.3) is 0 Å². The molecule has 6 heteroatoms. The number of nitrogens with zero attached hydrogens (tertiary/aromatic N) is 1. The van der Waals surface area contributed by atoms with E-state index in [0.29, 0.717) is 5.69 Å². The standard InChI is InChI=1S/C7H6Br3N3/c8-7(9,10)4-1-2-5(6(11)12)13-3-4/h1-3H,(H3,11,12). The van der Waals surface area contributed by atoms with Crippen LogP contribution in [0, 0.1) is 5.41 Å². The van der Waals surface area contributed by atoms with Gasteiger partial charge in [0, 0.05) is 11.8 Å². The highest BCUT2D eigenvalue weighted by Gasteiger charge is 2.20. The van der Waals surface area contributed by atoms with Gasteiger partial charge in [-0.1, -0.05) is 53.9 Å². The molecule has 1 heterocycles. The summed E-state index contributed by atoms with van der Waals surface area (Å²) in [7, 11) is 0. The van der Waals surface area contributed by atoms with Gasteiger partial charge in [0.1, 0.15) is 11.5 Å². The molecule has 0 saturated carbocycles. The first-order valence-electron chi connectivity index (χ1n) is 3.29. The maximum absolute atomic E-state index is 7.14. The lowest BCUT2D eigenvalue weighted by Crippen LogP contribution is -2.13. The van der Waals surface area contributed by atoms with Crippen molar-refractivity contribution in [1.82, 2.24) is 4.98 Å². The van der Waals surface area contributed by atoms with Crippen LogP contribution in [0.5, 0.6) is 0 Å². The number of hydrogen-bond acceptors (Lipinski definition) is 2. The molecule has 1 aromatic rings. The Morgan fingerprint density at radius 3 is 2.31 bits per heavy atom. The maximum Gasteiger partial charge on any atom is 0.161 e. The second-order valence-corrected chi connectivity index (χ2v) is 9.10. The van der Waals surface area contributed by atoms with E-state index in [2.05, 4.69) is 52.8 Å². The molecule has 1 rings (SSSR count). The fourth-order valence-electron chi connectivity index (χ4n) is 0.721. The molecule has 1 aromatic heterocycles. The predicted octanol–water partition coefficient (Wildman–Crippen LogP) is 2.66. The van der Waals surface area contributed by atoms with Crippen LogP contribution in [0.1, 0.15) is 11.3 Å². The van der Waals surface area contributed by atoms with Crippen LogP contribution in [0.4, 0.5) is 0 Å². The average molecular weight is 372 g/mol. The highest BCUT2D eigenvalue weighted by molar-refractivity contribution is 9.38. The molecule has 3 nitrogen and oxygen atoms in total. The number of hydrogen-bond donors (Lipinski definition) is 2. The molecule has 70 valence electrons. The van der Waals surface area contributed by atoms with Crippen molar-refractivity contribution in [2.24, 2.45) is 5.73 Å². The van der Waals surface area contributed by atoms with Crippen LogP contribution in [0.25, 0.3) is 0 Å². The van der Waals surface area contributed by atoms with E-state index >= 15 is 0 Å². The van der Waals surface area contributed by atoms with Crippen molar-refractivity contribution in [2.75, 3.05) is 0 Å². The zero-order chi connectivity index (χ0) is 10.1. The lowest BCUT2D eigenvalue weighted by atomic mass is 10.2. The summed E-state index contributed by atoms with van der Waals surface area (Å²) in [6, 6.07) is 3.51. The predicted molar refractivity (Wildman–Crippen MR) is 63.7 cm³/mol. The van der Waals surface area contributed by atoms with E-state index in [1.807, 2.05) is 6.07 Å². The number of aromatic nitrogens is 1. The molecule has 0 bridgehead atoms. The summed E-state index contributed by atoms with van der Waals surface area (Å²) in [5.41, 5.74) is 6.63. The van der Waals surface area contributed by atoms with Gasteiger partial charge in [-0.05, 0) is 6.07 Å². The number of alkyl halides is 3. The smallest absolute Gasteiger partial charge is 0.161 e. The lowest BCUT2D eigenvalue weighted by Gasteiger charge is -2.11. The third-order valence-corrected chi connectivity index (χ3v) is 2.74. The van der Waals surface area contributed by atoms with Crippen molar-refractivity contribution >= 4 is 53.6 Å². The first-order chi connectivity index (χ1) is 5.91. The summed E-state index contributed by atoms with van der Waals surface area (Å²) in [4.78, 5) is 4.01. The zero-order valence-electron chi connectivity index (χ0n) is 6.39. The summed E-state index contributed by atoms with van der Waals surface area (Å²) >= 11 is 10.1. The fourth-order valence-corrected chi connectivity index (χ4v) is 1.42. The Balaban J connectivity index is 3.01.